The molecule has 1 N–H and O–H groups in total. The number of para-hydroxylation sites is 1. The fourth-order valence-corrected chi connectivity index (χ4v) is 5.26. The van der Waals surface area contributed by atoms with Gasteiger partial charge in [0.05, 0.1) is 36.3 Å². The molecule has 0 radical (unpaired) electrons. The Morgan fingerprint density at radius 3 is 2.55 bits per heavy atom. The van der Waals surface area contributed by atoms with Crippen molar-refractivity contribution in [3.8, 4) is 5.75 Å². The van der Waals surface area contributed by atoms with Gasteiger partial charge >= 0.3 is 5.97 Å². The third-order valence-electron chi connectivity index (χ3n) is 5.35. The number of nitrogens with one attached hydrogen (secondary N) is 1. The molecule has 3 rings (SSSR count). The van der Waals surface area contributed by atoms with Crippen LogP contribution in [0, 0.1) is 12.8 Å². The number of anilines is 1. The number of hydrogen-bond donors (Lipinski definition) is 1. The molecule has 166 valence electrons. The molecule has 1 aliphatic heterocycles. The minimum absolute atomic E-state index is 0.0691. The van der Waals surface area contributed by atoms with Crippen LogP contribution in [-0.4, -0.2) is 51.9 Å². The summed E-state index contributed by atoms with van der Waals surface area (Å²) >= 11 is 0. The molecule has 31 heavy (non-hydrogen) atoms. The molecule has 2 aromatic rings. The van der Waals surface area contributed by atoms with Crippen molar-refractivity contribution >= 4 is 27.6 Å². The summed E-state index contributed by atoms with van der Waals surface area (Å²) in [6.07, 6.45) is 1.12. The zero-order valence-corrected chi connectivity index (χ0v) is 18.6. The Morgan fingerprint density at radius 1 is 1.13 bits per heavy atom. The molecule has 0 unspecified atom stereocenters. The Morgan fingerprint density at radius 2 is 1.87 bits per heavy atom. The Balaban J connectivity index is 1.77. The van der Waals surface area contributed by atoms with E-state index < -0.39 is 21.9 Å². The van der Waals surface area contributed by atoms with Gasteiger partial charge in [0, 0.05) is 13.1 Å². The van der Waals surface area contributed by atoms with Gasteiger partial charge in [0.15, 0.2) is 0 Å². The lowest BCUT2D eigenvalue weighted by Gasteiger charge is -2.31. The van der Waals surface area contributed by atoms with Crippen LogP contribution in [0.4, 0.5) is 5.69 Å². The number of carbonyl (C=O) groups is 2. The molecule has 1 amide bonds. The van der Waals surface area contributed by atoms with Crippen molar-refractivity contribution in [1.82, 2.24) is 4.31 Å². The van der Waals surface area contributed by atoms with Crippen molar-refractivity contribution in [2.75, 3.05) is 32.6 Å². The van der Waals surface area contributed by atoms with Gasteiger partial charge in [0.1, 0.15) is 5.75 Å². The zero-order chi connectivity index (χ0) is 22.6. The van der Waals surface area contributed by atoms with Crippen LogP contribution in [0.2, 0.25) is 0 Å². The molecular formula is C22H26N2O6S. The van der Waals surface area contributed by atoms with Crippen LogP contribution in [-0.2, 0) is 19.6 Å². The molecule has 0 bridgehead atoms. The van der Waals surface area contributed by atoms with Gasteiger partial charge in [-0.3, -0.25) is 4.79 Å². The summed E-state index contributed by atoms with van der Waals surface area (Å²) in [7, 11) is -0.951. The van der Waals surface area contributed by atoms with Crippen LogP contribution in [0.25, 0.3) is 0 Å². The van der Waals surface area contributed by atoms with Crippen LogP contribution < -0.4 is 10.1 Å². The van der Waals surface area contributed by atoms with E-state index >= 15 is 0 Å². The number of sulfonamides is 1. The van der Waals surface area contributed by atoms with Crippen molar-refractivity contribution < 1.29 is 27.5 Å². The van der Waals surface area contributed by atoms with Gasteiger partial charge in [-0.05, 0) is 55.7 Å². The van der Waals surface area contributed by atoms with Gasteiger partial charge in [0.2, 0.25) is 15.9 Å². The number of hydrogen-bond acceptors (Lipinski definition) is 6. The van der Waals surface area contributed by atoms with Crippen molar-refractivity contribution in [3.63, 3.8) is 0 Å². The molecule has 0 aliphatic carbocycles. The second-order valence-electron chi connectivity index (χ2n) is 7.36. The average Bonchev–Trinajstić information content (AvgIpc) is 2.78. The highest BCUT2D eigenvalue weighted by Gasteiger charge is 2.34. The molecule has 2 aromatic carbocycles. The summed E-state index contributed by atoms with van der Waals surface area (Å²) in [5, 5.41) is 2.75. The largest absolute Gasteiger partial charge is 0.496 e. The number of ether oxygens (including phenoxy) is 2. The molecule has 8 nitrogen and oxygen atoms in total. The molecule has 0 saturated carbocycles. The zero-order valence-electron chi connectivity index (χ0n) is 17.8. The molecule has 0 aromatic heterocycles. The molecular weight excluding hydrogens is 420 g/mol. The highest BCUT2D eigenvalue weighted by molar-refractivity contribution is 7.89. The van der Waals surface area contributed by atoms with E-state index in [-0.39, 0.29) is 22.9 Å². The number of methoxy groups -OCH3 is 2. The summed E-state index contributed by atoms with van der Waals surface area (Å²) in [5.74, 6) is -0.812. The minimum atomic E-state index is -3.75. The van der Waals surface area contributed by atoms with Crippen LogP contribution in [0.1, 0.15) is 28.8 Å². The van der Waals surface area contributed by atoms with E-state index in [9.17, 15) is 18.0 Å². The Hall–Kier alpha value is -2.91. The Labute approximate surface area is 182 Å². The molecule has 1 aliphatic rings. The number of amides is 1. The van der Waals surface area contributed by atoms with Crippen LogP contribution >= 0.6 is 0 Å². The monoisotopic (exact) mass is 446 g/mol. The molecule has 1 atom stereocenters. The number of benzene rings is 2. The van der Waals surface area contributed by atoms with E-state index in [1.165, 1.54) is 24.6 Å². The third-order valence-corrected chi connectivity index (χ3v) is 7.21. The number of nitrogens with zero attached hydrogens (tertiary/aromatic N) is 1. The first-order chi connectivity index (χ1) is 14.8. The Bertz CT molecular complexity index is 1080. The van der Waals surface area contributed by atoms with Crippen molar-refractivity contribution in [2.45, 2.75) is 24.7 Å². The standard InChI is InChI=1S/C22H26N2O6S/c1-15-13-17(10-11-20(15)29-2)31(27,28)24-12-6-7-16(14-24)21(25)23-19-9-5-4-8-18(19)22(26)30-3/h4-5,8-11,13,16H,6-7,12,14H2,1-3H3,(H,23,25)/t16-/m0/s1. The fourth-order valence-electron chi connectivity index (χ4n) is 3.65. The lowest BCUT2D eigenvalue weighted by Crippen LogP contribution is -2.43. The molecule has 1 fully saturated rings. The first-order valence-electron chi connectivity index (χ1n) is 9.91. The highest BCUT2D eigenvalue weighted by Crippen LogP contribution is 2.28. The molecule has 9 heteroatoms. The average molecular weight is 447 g/mol. The van der Waals surface area contributed by atoms with Crippen LogP contribution in [0.5, 0.6) is 5.75 Å². The Kier molecular flexibility index (Phi) is 6.97. The highest BCUT2D eigenvalue weighted by atomic mass is 32.2. The van der Waals surface area contributed by atoms with Gasteiger partial charge < -0.3 is 14.8 Å². The number of carbonyl (C=O) groups excluding carboxylic acids is 2. The molecule has 1 heterocycles. The number of rotatable bonds is 6. The van der Waals surface area contributed by atoms with Crippen molar-refractivity contribution in [1.29, 1.82) is 0 Å². The van der Waals surface area contributed by atoms with E-state index in [1.54, 1.807) is 43.3 Å². The first kappa shape index (κ1) is 22.8. The predicted octanol–water partition coefficient (Wildman–Crippen LogP) is 2.83. The number of esters is 1. The third kappa shape index (κ3) is 4.88. The maximum Gasteiger partial charge on any atom is 0.339 e. The first-order valence-corrected chi connectivity index (χ1v) is 11.3. The molecule has 1 saturated heterocycles. The topological polar surface area (TPSA) is 102 Å². The number of aryl methyl sites for hydroxylation is 1. The van der Waals surface area contributed by atoms with Gasteiger partial charge in [0.25, 0.3) is 0 Å². The van der Waals surface area contributed by atoms with E-state index in [4.69, 9.17) is 9.47 Å². The van der Waals surface area contributed by atoms with E-state index in [0.717, 1.165) is 0 Å². The lowest BCUT2D eigenvalue weighted by molar-refractivity contribution is -0.120. The summed E-state index contributed by atoms with van der Waals surface area (Å²) in [6.45, 7) is 2.19. The van der Waals surface area contributed by atoms with Gasteiger partial charge in [-0.25, -0.2) is 13.2 Å². The van der Waals surface area contributed by atoms with Crippen molar-refractivity contribution in [3.05, 3.63) is 53.6 Å². The van der Waals surface area contributed by atoms with Gasteiger partial charge in [-0.2, -0.15) is 4.31 Å². The second-order valence-corrected chi connectivity index (χ2v) is 9.30. The normalized spacial score (nSPS) is 17.1. The minimum Gasteiger partial charge on any atom is -0.496 e. The summed E-state index contributed by atoms with van der Waals surface area (Å²) in [6, 6.07) is 11.3. The maximum absolute atomic E-state index is 13.1. The van der Waals surface area contributed by atoms with Crippen LogP contribution in [0.15, 0.2) is 47.4 Å². The number of piperidine rings is 1. The van der Waals surface area contributed by atoms with Crippen molar-refractivity contribution in [2.24, 2.45) is 5.92 Å². The summed E-state index contributed by atoms with van der Waals surface area (Å²) in [4.78, 5) is 25.0. The van der Waals surface area contributed by atoms with Gasteiger partial charge in [-0.15, -0.1) is 0 Å². The predicted molar refractivity (Wildman–Crippen MR) is 116 cm³/mol. The molecule has 0 spiro atoms. The maximum atomic E-state index is 13.1. The quantitative estimate of drug-likeness (QED) is 0.685. The van der Waals surface area contributed by atoms with E-state index in [2.05, 4.69) is 5.32 Å². The van der Waals surface area contributed by atoms with Crippen LogP contribution in [0.3, 0.4) is 0 Å². The smallest absolute Gasteiger partial charge is 0.339 e. The van der Waals surface area contributed by atoms with E-state index in [1.807, 2.05) is 0 Å². The second kappa shape index (κ2) is 9.49. The van der Waals surface area contributed by atoms with Gasteiger partial charge in [-0.1, -0.05) is 12.1 Å². The summed E-state index contributed by atoms with van der Waals surface area (Å²) in [5.41, 5.74) is 1.30. The SMILES string of the molecule is COC(=O)c1ccccc1NC(=O)[C@H]1CCCN(S(=O)(=O)c2ccc(OC)c(C)c2)C1. The van der Waals surface area contributed by atoms with E-state index in [0.29, 0.717) is 36.4 Å². The lowest BCUT2D eigenvalue weighted by atomic mass is 9.98. The summed E-state index contributed by atoms with van der Waals surface area (Å²) < 4.78 is 37.6. The fraction of sp³-hybridized carbons (Fsp3) is 0.364.